The average Bonchev–Trinajstić information content (AvgIpc) is 2.83. The van der Waals surface area contributed by atoms with Crippen LogP contribution in [0.3, 0.4) is 0 Å². The van der Waals surface area contributed by atoms with Crippen molar-refractivity contribution in [1.29, 1.82) is 0 Å². The Labute approximate surface area is 128 Å². The van der Waals surface area contributed by atoms with Gasteiger partial charge in [0, 0.05) is 19.6 Å². The molecule has 0 bridgehead atoms. The van der Waals surface area contributed by atoms with Crippen LogP contribution in [0, 0.1) is 29.1 Å². The van der Waals surface area contributed by atoms with Crippen molar-refractivity contribution in [3.8, 4) is 0 Å². The summed E-state index contributed by atoms with van der Waals surface area (Å²) in [5.74, 6) is 4.10. The van der Waals surface area contributed by atoms with Crippen LogP contribution in [0.1, 0.15) is 33.6 Å². The third kappa shape index (κ3) is 3.05. The van der Waals surface area contributed by atoms with E-state index in [4.69, 9.17) is 0 Å². The highest BCUT2D eigenvalue weighted by molar-refractivity contribution is 8.13. The van der Waals surface area contributed by atoms with Gasteiger partial charge in [-0.1, -0.05) is 20.8 Å². The second-order valence-corrected chi connectivity index (χ2v) is 10.9. The fourth-order valence-corrected chi connectivity index (χ4v) is 5.53. The van der Waals surface area contributed by atoms with Crippen LogP contribution >= 0.6 is 11.1 Å². The van der Waals surface area contributed by atoms with Gasteiger partial charge in [-0.3, -0.25) is 4.31 Å². The Morgan fingerprint density at radius 2 is 1.55 bits per heavy atom. The van der Waals surface area contributed by atoms with Crippen molar-refractivity contribution < 1.29 is 0 Å². The number of nitrogens with zero attached hydrogens (tertiary/aromatic N) is 2. The molecule has 3 aliphatic rings. The molecule has 2 nitrogen and oxygen atoms in total. The molecule has 3 heteroatoms. The van der Waals surface area contributed by atoms with Crippen LogP contribution in [0.4, 0.5) is 0 Å². The normalized spacial score (nSPS) is 37.0. The van der Waals surface area contributed by atoms with Crippen LogP contribution in [-0.4, -0.2) is 54.4 Å². The van der Waals surface area contributed by atoms with Crippen LogP contribution < -0.4 is 0 Å². The summed E-state index contributed by atoms with van der Waals surface area (Å²) in [7, 11) is 0. The van der Waals surface area contributed by atoms with Gasteiger partial charge in [-0.2, -0.15) is 0 Å². The van der Waals surface area contributed by atoms with E-state index in [2.05, 4.69) is 42.5 Å². The van der Waals surface area contributed by atoms with Crippen LogP contribution in [-0.2, 0) is 0 Å². The third-order valence-electron chi connectivity index (χ3n) is 6.20. The Hall–Kier alpha value is 0.270. The van der Waals surface area contributed by atoms with Gasteiger partial charge in [0.15, 0.2) is 0 Å². The van der Waals surface area contributed by atoms with Gasteiger partial charge in [-0.15, -0.1) is 0 Å². The van der Waals surface area contributed by atoms with Crippen molar-refractivity contribution in [2.24, 2.45) is 29.1 Å². The molecule has 0 aromatic rings. The van der Waals surface area contributed by atoms with Gasteiger partial charge in [-0.25, -0.2) is 11.1 Å². The number of rotatable bonds is 3. The van der Waals surface area contributed by atoms with Crippen molar-refractivity contribution in [1.82, 2.24) is 9.21 Å². The van der Waals surface area contributed by atoms with Crippen LogP contribution in [0.15, 0.2) is 0 Å². The lowest BCUT2D eigenvalue weighted by molar-refractivity contribution is 0.106. The standard InChI is InChI=1S/C17H34N2S/c1-17(2,3)13-6-8-18(9-7-13)10-14-15-11-19(20(4)5)12-16(14)15/h13-16,20H,6-12H2,1-5H3/t14-,15-,16+. The molecule has 2 aliphatic heterocycles. The highest BCUT2D eigenvalue weighted by Gasteiger charge is 2.55. The molecule has 0 aromatic carbocycles. The summed E-state index contributed by atoms with van der Waals surface area (Å²) in [5.41, 5.74) is 0.516. The lowest BCUT2D eigenvalue weighted by Gasteiger charge is -2.39. The number of fused-ring (bicyclic) bond motifs is 1. The molecule has 0 aromatic heterocycles. The summed E-state index contributed by atoms with van der Waals surface area (Å²) in [6.07, 6.45) is 7.67. The second kappa shape index (κ2) is 5.48. The van der Waals surface area contributed by atoms with E-state index in [0.717, 1.165) is 23.7 Å². The largest absolute Gasteiger partial charge is 0.303 e. The van der Waals surface area contributed by atoms with Gasteiger partial charge >= 0.3 is 0 Å². The van der Waals surface area contributed by atoms with Crippen molar-refractivity contribution in [3.05, 3.63) is 0 Å². The van der Waals surface area contributed by atoms with Gasteiger partial charge in [0.1, 0.15) is 0 Å². The summed E-state index contributed by atoms with van der Waals surface area (Å²) in [4.78, 5) is 2.77. The zero-order valence-electron chi connectivity index (χ0n) is 14.1. The maximum absolute atomic E-state index is 2.77. The molecular weight excluding hydrogens is 264 g/mol. The van der Waals surface area contributed by atoms with Crippen molar-refractivity contribution >= 4 is 11.1 Å². The molecule has 0 N–H and O–H groups in total. The minimum Gasteiger partial charge on any atom is -0.303 e. The Bertz CT molecular complexity index is 329. The van der Waals surface area contributed by atoms with E-state index < -0.39 is 0 Å². The summed E-state index contributed by atoms with van der Waals surface area (Å²) >= 11 is 0.164. The van der Waals surface area contributed by atoms with E-state index in [-0.39, 0.29) is 11.1 Å². The SMILES string of the molecule is C[SH](C)N1C[C@@H]2[C@@H](CN3CCC(C(C)(C)C)CC3)[C@@H]2C1. The van der Waals surface area contributed by atoms with E-state index in [1.807, 2.05) is 0 Å². The molecule has 0 amide bonds. The molecule has 1 aliphatic carbocycles. The number of hydrogen-bond donors (Lipinski definition) is 1. The molecule has 2 heterocycles. The van der Waals surface area contributed by atoms with Gasteiger partial charge in [0.25, 0.3) is 0 Å². The van der Waals surface area contributed by atoms with Crippen LogP contribution in [0.5, 0.6) is 0 Å². The van der Waals surface area contributed by atoms with E-state index in [1.54, 1.807) is 0 Å². The van der Waals surface area contributed by atoms with Crippen LogP contribution in [0.2, 0.25) is 0 Å². The number of likely N-dealkylation sites (tertiary alicyclic amines) is 1. The van der Waals surface area contributed by atoms with Gasteiger partial charge in [0.05, 0.1) is 0 Å². The maximum atomic E-state index is 2.77. The molecule has 2 saturated heterocycles. The van der Waals surface area contributed by atoms with E-state index in [9.17, 15) is 0 Å². The summed E-state index contributed by atoms with van der Waals surface area (Å²) in [6.45, 7) is 14.2. The summed E-state index contributed by atoms with van der Waals surface area (Å²) < 4.78 is 2.74. The average molecular weight is 299 g/mol. The zero-order valence-corrected chi connectivity index (χ0v) is 15.0. The molecule has 0 unspecified atom stereocenters. The molecule has 3 rings (SSSR count). The van der Waals surface area contributed by atoms with Gasteiger partial charge in [-0.05, 0) is 67.5 Å². The highest BCUT2D eigenvalue weighted by atomic mass is 32.2. The quantitative estimate of drug-likeness (QED) is 0.800. The topological polar surface area (TPSA) is 6.48 Å². The summed E-state index contributed by atoms with van der Waals surface area (Å²) in [6, 6.07) is 0. The van der Waals surface area contributed by atoms with Crippen molar-refractivity contribution in [3.63, 3.8) is 0 Å². The van der Waals surface area contributed by atoms with Crippen LogP contribution in [0.25, 0.3) is 0 Å². The second-order valence-electron chi connectivity index (χ2n) is 8.65. The lowest BCUT2D eigenvalue weighted by Crippen LogP contribution is -2.39. The molecule has 1 saturated carbocycles. The monoisotopic (exact) mass is 298 g/mol. The number of piperidine rings is 2. The lowest BCUT2D eigenvalue weighted by atomic mass is 9.75. The van der Waals surface area contributed by atoms with E-state index in [1.165, 1.54) is 45.6 Å². The van der Waals surface area contributed by atoms with E-state index >= 15 is 0 Å². The molecule has 0 spiro atoms. The van der Waals surface area contributed by atoms with E-state index in [0.29, 0.717) is 5.41 Å². The molecule has 3 atom stereocenters. The molecule has 20 heavy (non-hydrogen) atoms. The summed E-state index contributed by atoms with van der Waals surface area (Å²) in [5, 5.41) is 0. The first-order valence-corrected chi connectivity index (χ1v) is 10.7. The molecular formula is C17H34N2S. The number of thiol groups is 1. The Kier molecular flexibility index (Phi) is 4.16. The first-order valence-electron chi connectivity index (χ1n) is 8.51. The number of hydrogen-bond acceptors (Lipinski definition) is 2. The smallest absolute Gasteiger partial charge is 0.0106 e. The molecule has 0 radical (unpaired) electrons. The first kappa shape index (κ1) is 15.2. The predicted octanol–water partition coefficient (Wildman–Crippen LogP) is 3.10. The Balaban J connectivity index is 1.40. The Morgan fingerprint density at radius 1 is 1.00 bits per heavy atom. The van der Waals surface area contributed by atoms with Gasteiger partial charge in [0.2, 0.25) is 0 Å². The fraction of sp³-hybridized carbons (Fsp3) is 1.00. The molecule has 3 fully saturated rings. The predicted molar refractivity (Wildman–Crippen MR) is 91.5 cm³/mol. The third-order valence-corrected chi connectivity index (χ3v) is 7.66. The maximum Gasteiger partial charge on any atom is 0.0106 e. The first-order chi connectivity index (χ1) is 9.36. The minimum absolute atomic E-state index is 0.164. The van der Waals surface area contributed by atoms with Gasteiger partial charge < -0.3 is 4.90 Å². The zero-order chi connectivity index (χ0) is 14.5. The van der Waals surface area contributed by atoms with Crippen molar-refractivity contribution in [2.75, 3.05) is 45.2 Å². The Morgan fingerprint density at radius 3 is 2.00 bits per heavy atom. The highest BCUT2D eigenvalue weighted by Crippen LogP contribution is 2.54. The fourth-order valence-electron chi connectivity index (χ4n) is 4.50. The molecule has 118 valence electrons. The minimum atomic E-state index is 0.164. The van der Waals surface area contributed by atoms with Crippen molar-refractivity contribution in [2.45, 2.75) is 33.6 Å².